The summed E-state index contributed by atoms with van der Waals surface area (Å²) in [6.45, 7) is 5.49. The Balaban J connectivity index is 1.95. The second kappa shape index (κ2) is 5.19. The fraction of sp³-hybridized carbons (Fsp3) is 0.500. The SMILES string of the molecule is COc1c(NC(=O)OC(C)(C)C)ccc2cnn(C3CC3)c12. The maximum atomic E-state index is 12.0. The van der Waals surface area contributed by atoms with Gasteiger partial charge in [0.25, 0.3) is 0 Å². The number of methoxy groups -OCH3 is 1. The lowest BCUT2D eigenvalue weighted by molar-refractivity contribution is 0.0635. The second-order valence-corrected chi connectivity index (χ2v) is 6.53. The van der Waals surface area contributed by atoms with E-state index in [2.05, 4.69) is 10.4 Å². The van der Waals surface area contributed by atoms with E-state index in [-0.39, 0.29) is 0 Å². The molecule has 1 fully saturated rings. The average Bonchev–Trinajstić information content (AvgIpc) is 3.16. The van der Waals surface area contributed by atoms with Gasteiger partial charge in [-0.05, 0) is 45.7 Å². The smallest absolute Gasteiger partial charge is 0.412 e. The van der Waals surface area contributed by atoms with E-state index < -0.39 is 11.7 Å². The number of nitrogens with one attached hydrogen (secondary N) is 1. The number of ether oxygens (including phenoxy) is 2. The summed E-state index contributed by atoms with van der Waals surface area (Å²) >= 11 is 0. The standard InChI is InChI=1S/C16H21N3O3/c1-16(2,3)22-15(20)18-12-8-5-10-9-17-19(11-6-7-11)13(10)14(12)21-4/h5,8-9,11H,6-7H2,1-4H3,(H,18,20). The zero-order chi connectivity index (χ0) is 15.9. The van der Waals surface area contributed by atoms with E-state index in [0.29, 0.717) is 17.5 Å². The van der Waals surface area contributed by atoms with Crippen LogP contribution in [0.5, 0.6) is 5.75 Å². The topological polar surface area (TPSA) is 65.4 Å². The number of anilines is 1. The van der Waals surface area contributed by atoms with Crippen molar-refractivity contribution in [2.45, 2.75) is 45.3 Å². The molecule has 1 N–H and O–H groups in total. The molecule has 1 heterocycles. The van der Waals surface area contributed by atoms with Crippen LogP contribution in [0.1, 0.15) is 39.7 Å². The molecule has 1 amide bonds. The average molecular weight is 303 g/mol. The zero-order valence-electron chi connectivity index (χ0n) is 13.3. The molecule has 6 heteroatoms. The highest BCUT2D eigenvalue weighted by Crippen LogP contribution is 2.41. The molecular formula is C16H21N3O3. The maximum absolute atomic E-state index is 12.0. The summed E-state index contributed by atoms with van der Waals surface area (Å²) in [5, 5.41) is 8.20. The molecule has 2 aromatic rings. The molecule has 3 rings (SSSR count). The Kier molecular flexibility index (Phi) is 3.47. The van der Waals surface area contributed by atoms with Crippen LogP contribution in [0, 0.1) is 0 Å². The van der Waals surface area contributed by atoms with Crippen molar-refractivity contribution in [2.24, 2.45) is 0 Å². The van der Waals surface area contributed by atoms with Crippen molar-refractivity contribution < 1.29 is 14.3 Å². The minimum atomic E-state index is -0.544. The minimum absolute atomic E-state index is 0.433. The number of carbonyl (C=O) groups excluding carboxylic acids is 1. The fourth-order valence-corrected chi connectivity index (χ4v) is 2.42. The molecule has 22 heavy (non-hydrogen) atoms. The molecule has 1 aromatic heterocycles. The van der Waals surface area contributed by atoms with Crippen molar-refractivity contribution in [1.82, 2.24) is 9.78 Å². The molecule has 0 radical (unpaired) electrons. The third kappa shape index (κ3) is 2.86. The summed E-state index contributed by atoms with van der Waals surface area (Å²) in [4.78, 5) is 12.0. The van der Waals surface area contributed by atoms with Gasteiger partial charge in [-0.2, -0.15) is 5.10 Å². The van der Waals surface area contributed by atoms with Gasteiger partial charge >= 0.3 is 6.09 Å². The molecule has 6 nitrogen and oxygen atoms in total. The molecule has 1 saturated carbocycles. The maximum Gasteiger partial charge on any atom is 0.412 e. The van der Waals surface area contributed by atoms with Gasteiger partial charge < -0.3 is 9.47 Å². The van der Waals surface area contributed by atoms with Crippen molar-refractivity contribution in [1.29, 1.82) is 0 Å². The zero-order valence-corrected chi connectivity index (χ0v) is 13.3. The van der Waals surface area contributed by atoms with Crippen molar-refractivity contribution in [3.05, 3.63) is 18.3 Å². The van der Waals surface area contributed by atoms with Crippen LogP contribution >= 0.6 is 0 Å². The number of carbonyl (C=O) groups is 1. The lowest BCUT2D eigenvalue weighted by atomic mass is 10.2. The summed E-state index contributed by atoms with van der Waals surface area (Å²) in [5.41, 5.74) is 0.960. The van der Waals surface area contributed by atoms with Gasteiger partial charge in [0.1, 0.15) is 11.1 Å². The predicted molar refractivity (Wildman–Crippen MR) is 84.4 cm³/mol. The molecule has 0 bridgehead atoms. The lowest BCUT2D eigenvalue weighted by Gasteiger charge is -2.20. The first-order valence-corrected chi connectivity index (χ1v) is 7.43. The minimum Gasteiger partial charge on any atom is -0.492 e. The van der Waals surface area contributed by atoms with Crippen LogP contribution in [0.15, 0.2) is 18.3 Å². The second-order valence-electron chi connectivity index (χ2n) is 6.53. The molecule has 0 aliphatic heterocycles. The van der Waals surface area contributed by atoms with Crippen LogP contribution in [-0.4, -0.2) is 28.6 Å². The Morgan fingerprint density at radius 2 is 2.09 bits per heavy atom. The molecule has 0 atom stereocenters. The quantitative estimate of drug-likeness (QED) is 0.938. The van der Waals surface area contributed by atoms with Gasteiger partial charge in [0.2, 0.25) is 0 Å². The molecule has 0 unspecified atom stereocenters. The van der Waals surface area contributed by atoms with Gasteiger partial charge in [-0.15, -0.1) is 0 Å². The highest BCUT2D eigenvalue weighted by molar-refractivity contribution is 5.96. The third-order valence-electron chi connectivity index (χ3n) is 3.45. The summed E-state index contributed by atoms with van der Waals surface area (Å²) in [6.07, 6.45) is 3.59. The first-order chi connectivity index (χ1) is 10.4. The number of hydrogen-bond donors (Lipinski definition) is 1. The number of hydrogen-bond acceptors (Lipinski definition) is 4. The predicted octanol–water partition coefficient (Wildman–Crippen LogP) is 3.73. The van der Waals surface area contributed by atoms with Crippen molar-refractivity contribution in [3.63, 3.8) is 0 Å². The van der Waals surface area contributed by atoms with Crippen LogP contribution in [-0.2, 0) is 4.74 Å². The molecule has 1 aliphatic carbocycles. The van der Waals surface area contributed by atoms with Gasteiger partial charge in [0.05, 0.1) is 25.0 Å². The van der Waals surface area contributed by atoms with E-state index in [1.807, 2.05) is 43.8 Å². The number of rotatable bonds is 3. The largest absolute Gasteiger partial charge is 0.492 e. The van der Waals surface area contributed by atoms with E-state index in [9.17, 15) is 4.79 Å². The van der Waals surface area contributed by atoms with Crippen LogP contribution in [0.3, 0.4) is 0 Å². The monoisotopic (exact) mass is 303 g/mol. The Labute approximate surface area is 129 Å². The highest BCUT2D eigenvalue weighted by Gasteiger charge is 2.28. The van der Waals surface area contributed by atoms with Crippen LogP contribution < -0.4 is 10.1 Å². The summed E-state index contributed by atoms with van der Waals surface area (Å²) in [7, 11) is 1.60. The highest BCUT2D eigenvalue weighted by atomic mass is 16.6. The van der Waals surface area contributed by atoms with Gasteiger partial charge in [0.15, 0.2) is 5.75 Å². The normalized spacial score (nSPS) is 14.9. The van der Waals surface area contributed by atoms with E-state index >= 15 is 0 Å². The Hall–Kier alpha value is -2.24. The Bertz CT molecular complexity index is 711. The molecule has 118 valence electrons. The van der Waals surface area contributed by atoms with Crippen LogP contribution in [0.4, 0.5) is 10.5 Å². The number of amides is 1. The van der Waals surface area contributed by atoms with E-state index in [4.69, 9.17) is 9.47 Å². The number of fused-ring (bicyclic) bond motifs is 1. The first-order valence-electron chi connectivity index (χ1n) is 7.43. The van der Waals surface area contributed by atoms with Gasteiger partial charge in [0, 0.05) is 5.39 Å². The van der Waals surface area contributed by atoms with Crippen molar-refractivity contribution in [2.75, 3.05) is 12.4 Å². The molecule has 1 aromatic carbocycles. The number of aromatic nitrogens is 2. The number of benzene rings is 1. The van der Waals surface area contributed by atoms with Gasteiger partial charge in [-0.25, -0.2) is 4.79 Å². The molecule has 0 saturated heterocycles. The van der Waals surface area contributed by atoms with Crippen LogP contribution in [0.25, 0.3) is 10.9 Å². The van der Waals surface area contributed by atoms with Gasteiger partial charge in [-0.1, -0.05) is 0 Å². The van der Waals surface area contributed by atoms with Gasteiger partial charge in [-0.3, -0.25) is 10.00 Å². The van der Waals surface area contributed by atoms with Crippen molar-refractivity contribution in [3.8, 4) is 5.75 Å². The van der Waals surface area contributed by atoms with Crippen molar-refractivity contribution >= 4 is 22.7 Å². The first kappa shape index (κ1) is 14.7. The number of nitrogens with zero attached hydrogens (tertiary/aromatic N) is 2. The van der Waals surface area contributed by atoms with E-state index in [1.165, 1.54) is 0 Å². The molecule has 1 aliphatic rings. The summed E-state index contributed by atoms with van der Waals surface area (Å²) in [5.74, 6) is 0.618. The molecule has 0 spiro atoms. The van der Waals surface area contributed by atoms with E-state index in [0.717, 1.165) is 23.7 Å². The summed E-state index contributed by atoms with van der Waals surface area (Å²) < 4.78 is 12.8. The molecular weight excluding hydrogens is 282 g/mol. The summed E-state index contributed by atoms with van der Waals surface area (Å²) in [6, 6.07) is 4.17. The Morgan fingerprint density at radius 3 is 2.68 bits per heavy atom. The lowest BCUT2D eigenvalue weighted by Crippen LogP contribution is -2.27. The fourth-order valence-electron chi connectivity index (χ4n) is 2.42. The Morgan fingerprint density at radius 1 is 1.36 bits per heavy atom. The van der Waals surface area contributed by atoms with Crippen LogP contribution in [0.2, 0.25) is 0 Å². The van der Waals surface area contributed by atoms with E-state index in [1.54, 1.807) is 7.11 Å². The third-order valence-corrected chi connectivity index (χ3v) is 3.45.